The average molecular weight is 215 g/mol. The van der Waals surface area contributed by atoms with Crippen molar-refractivity contribution < 1.29 is 10.2 Å². The van der Waals surface area contributed by atoms with E-state index in [9.17, 15) is 5.11 Å². The van der Waals surface area contributed by atoms with Crippen molar-refractivity contribution in [1.82, 2.24) is 9.97 Å². The van der Waals surface area contributed by atoms with Gasteiger partial charge in [-0.2, -0.15) is 5.26 Å². The van der Waals surface area contributed by atoms with Crippen LogP contribution in [-0.2, 0) is 0 Å². The molecule has 1 aromatic heterocycles. The van der Waals surface area contributed by atoms with E-state index in [2.05, 4.69) is 9.97 Å². The van der Waals surface area contributed by atoms with E-state index >= 15 is 0 Å². The summed E-state index contributed by atoms with van der Waals surface area (Å²) in [6.07, 6.45) is -1.86. The summed E-state index contributed by atoms with van der Waals surface area (Å²) in [7, 11) is 0. The number of hydrogen-bond acceptors (Lipinski definition) is 6. The molecule has 0 aliphatic carbocycles. The lowest BCUT2D eigenvalue weighted by molar-refractivity contribution is 0.0496. The lowest BCUT2D eigenvalue weighted by Crippen LogP contribution is -2.17. The molecule has 1 rings (SSSR count). The van der Waals surface area contributed by atoms with Gasteiger partial charge in [-0.3, -0.25) is 0 Å². The van der Waals surface area contributed by atoms with Gasteiger partial charge in [0.2, 0.25) is 0 Å². The molecule has 14 heavy (non-hydrogen) atoms. The molecule has 0 spiro atoms. The Bertz CT molecular complexity index is 378. The van der Waals surface area contributed by atoms with Crippen LogP contribution in [0.5, 0.6) is 0 Å². The van der Waals surface area contributed by atoms with E-state index in [1.165, 1.54) is 6.07 Å². The summed E-state index contributed by atoms with van der Waals surface area (Å²) in [4.78, 5) is 7.28. The number of nitrogens with zero attached hydrogens (tertiary/aromatic N) is 3. The predicted molar refractivity (Wildman–Crippen MR) is 48.0 cm³/mol. The normalized spacial score (nSPS) is 14.4. The Labute approximate surface area is 84.6 Å². The first-order valence-electron chi connectivity index (χ1n) is 3.60. The topological polar surface area (TPSA) is 116 Å². The average Bonchev–Trinajstić information content (AvgIpc) is 2.20. The Balaban J connectivity index is 2.98. The van der Waals surface area contributed by atoms with Crippen molar-refractivity contribution in [3.05, 3.63) is 17.0 Å². The van der Waals surface area contributed by atoms with Crippen molar-refractivity contribution in [1.29, 1.82) is 5.26 Å². The van der Waals surface area contributed by atoms with Gasteiger partial charge >= 0.3 is 0 Å². The Morgan fingerprint density at radius 3 is 2.71 bits per heavy atom. The molecule has 0 saturated heterocycles. The lowest BCUT2D eigenvalue weighted by Gasteiger charge is -2.10. The molecule has 1 aromatic rings. The van der Waals surface area contributed by atoms with Crippen LogP contribution in [0, 0.1) is 11.3 Å². The van der Waals surface area contributed by atoms with Gasteiger partial charge in [-0.15, -0.1) is 0 Å². The summed E-state index contributed by atoms with van der Waals surface area (Å²) >= 11 is 5.53. The monoisotopic (exact) mass is 214 g/mol. The quantitative estimate of drug-likeness (QED) is 0.579. The second-order valence-corrected chi connectivity index (χ2v) is 2.85. The highest BCUT2D eigenvalue weighted by molar-refractivity contribution is 6.31. The molecule has 74 valence electrons. The van der Waals surface area contributed by atoms with Crippen LogP contribution < -0.4 is 5.73 Å². The summed E-state index contributed by atoms with van der Waals surface area (Å²) in [6.45, 7) is 0. The first-order chi connectivity index (χ1) is 6.56. The SMILES string of the molecule is N#CC(O)C(O)c1cnc(N)c(Cl)n1. The Morgan fingerprint density at radius 1 is 1.57 bits per heavy atom. The van der Waals surface area contributed by atoms with E-state index in [4.69, 9.17) is 27.7 Å². The molecule has 0 amide bonds. The number of aliphatic hydroxyl groups is 2. The molecular weight excluding hydrogens is 208 g/mol. The van der Waals surface area contributed by atoms with Crippen LogP contribution in [0.3, 0.4) is 0 Å². The van der Waals surface area contributed by atoms with Crippen LogP contribution in [-0.4, -0.2) is 26.3 Å². The van der Waals surface area contributed by atoms with E-state index in [1.807, 2.05) is 0 Å². The van der Waals surface area contributed by atoms with Crippen molar-refractivity contribution in [2.24, 2.45) is 0 Å². The van der Waals surface area contributed by atoms with E-state index in [0.29, 0.717) is 0 Å². The maximum atomic E-state index is 9.33. The summed E-state index contributed by atoms with van der Waals surface area (Å²) in [5.74, 6) is 0.0223. The minimum absolute atomic E-state index is 0.00162. The maximum absolute atomic E-state index is 9.33. The summed E-state index contributed by atoms with van der Waals surface area (Å²) < 4.78 is 0. The molecule has 6 nitrogen and oxygen atoms in total. The maximum Gasteiger partial charge on any atom is 0.172 e. The number of nitriles is 1. The van der Waals surface area contributed by atoms with Gasteiger partial charge in [-0.05, 0) is 0 Å². The number of rotatable bonds is 2. The molecule has 7 heteroatoms. The van der Waals surface area contributed by atoms with Gasteiger partial charge in [0.1, 0.15) is 6.10 Å². The summed E-state index contributed by atoms with van der Waals surface area (Å²) in [6, 6.07) is 1.46. The number of halogens is 1. The van der Waals surface area contributed by atoms with Gasteiger partial charge in [-0.1, -0.05) is 11.6 Å². The van der Waals surface area contributed by atoms with Gasteiger partial charge in [-0.25, -0.2) is 9.97 Å². The molecule has 2 atom stereocenters. The Hall–Kier alpha value is -1.42. The number of aromatic nitrogens is 2. The molecule has 2 unspecified atom stereocenters. The molecule has 0 aliphatic heterocycles. The van der Waals surface area contributed by atoms with Crippen LogP contribution in [0.4, 0.5) is 5.82 Å². The van der Waals surface area contributed by atoms with Gasteiger partial charge in [0.25, 0.3) is 0 Å². The van der Waals surface area contributed by atoms with Gasteiger partial charge in [0.15, 0.2) is 17.1 Å². The molecule has 0 aromatic carbocycles. The van der Waals surface area contributed by atoms with E-state index in [-0.39, 0.29) is 16.7 Å². The molecule has 4 N–H and O–H groups in total. The van der Waals surface area contributed by atoms with Crippen LogP contribution >= 0.6 is 11.6 Å². The summed E-state index contributed by atoms with van der Waals surface area (Å²) in [5.41, 5.74) is 5.28. The largest absolute Gasteiger partial charge is 0.383 e. The number of hydrogen-bond donors (Lipinski definition) is 3. The fourth-order valence-electron chi connectivity index (χ4n) is 0.763. The molecule has 0 saturated carbocycles. The zero-order chi connectivity index (χ0) is 10.7. The highest BCUT2D eigenvalue weighted by atomic mass is 35.5. The Morgan fingerprint density at radius 2 is 2.21 bits per heavy atom. The minimum Gasteiger partial charge on any atom is -0.383 e. The fourth-order valence-corrected chi connectivity index (χ4v) is 0.910. The van der Waals surface area contributed by atoms with Crippen LogP contribution in [0.1, 0.15) is 11.8 Å². The molecule has 0 radical (unpaired) electrons. The predicted octanol–water partition coefficient (Wildman–Crippen LogP) is -0.370. The summed E-state index contributed by atoms with van der Waals surface area (Å²) in [5, 5.41) is 26.6. The number of nitrogens with two attached hydrogens (primary N) is 1. The van der Waals surface area contributed by atoms with Gasteiger partial charge in [0, 0.05) is 0 Å². The number of aliphatic hydroxyl groups excluding tert-OH is 2. The standard InChI is InChI=1S/C7H7ClN4O2/c8-6-7(10)11-2-3(12-6)5(14)4(13)1-9/h2,4-5,13-14H,(H2,10,11). The van der Waals surface area contributed by atoms with Gasteiger partial charge < -0.3 is 15.9 Å². The lowest BCUT2D eigenvalue weighted by atomic mass is 10.2. The molecule has 0 bridgehead atoms. The second-order valence-electron chi connectivity index (χ2n) is 2.49. The first kappa shape index (κ1) is 10.7. The van der Waals surface area contributed by atoms with Crippen molar-refractivity contribution in [3.63, 3.8) is 0 Å². The minimum atomic E-state index is -1.57. The highest BCUT2D eigenvalue weighted by Crippen LogP contribution is 2.18. The number of anilines is 1. The third-order valence-electron chi connectivity index (χ3n) is 1.51. The zero-order valence-electron chi connectivity index (χ0n) is 6.92. The number of nitrogen functional groups attached to an aromatic ring is 1. The Kier molecular flexibility index (Phi) is 3.19. The third kappa shape index (κ3) is 2.09. The first-order valence-corrected chi connectivity index (χ1v) is 3.97. The molecule has 1 heterocycles. The molecule has 0 aliphatic rings. The zero-order valence-corrected chi connectivity index (χ0v) is 7.68. The van der Waals surface area contributed by atoms with Crippen LogP contribution in [0.2, 0.25) is 5.15 Å². The van der Waals surface area contributed by atoms with E-state index in [1.54, 1.807) is 0 Å². The smallest absolute Gasteiger partial charge is 0.172 e. The van der Waals surface area contributed by atoms with Crippen molar-refractivity contribution >= 4 is 17.4 Å². The fraction of sp³-hybridized carbons (Fsp3) is 0.286. The second kappa shape index (κ2) is 4.19. The van der Waals surface area contributed by atoms with Crippen LogP contribution in [0.15, 0.2) is 6.20 Å². The van der Waals surface area contributed by atoms with Gasteiger partial charge in [0.05, 0.1) is 18.0 Å². The van der Waals surface area contributed by atoms with Crippen LogP contribution in [0.25, 0.3) is 0 Å². The third-order valence-corrected chi connectivity index (χ3v) is 1.79. The highest BCUT2D eigenvalue weighted by Gasteiger charge is 2.20. The van der Waals surface area contributed by atoms with Crippen molar-refractivity contribution in [2.45, 2.75) is 12.2 Å². The van der Waals surface area contributed by atoms with Crippen molar-refractivity contribution in [3.8, 4) is 6.07 Å². The van der Waals surface area contributed by atoms with E-state index in [0.717, 1.165) is 6.20 Å². The van der Waals surface area contributed by atoms with Crippen molar-refractivity contribution in [2.75, 3.05) is 5.73 Å². The molecular formula is C7H7ClN4O2. The molecule has 0 fully saturated rings. The van der Waals surface area contributed by atoms with E-state index < -0.39 is 12.2 Å².